The van der Waals surface area contributed by atoms with Crippen LogP contribution < -0.4 is 5.73 Å². The van der Waals surface area contributed by atoms with E-state index in [-0.39, 0.29) is 0 Å². The van der Waals surface area contributed by atoms with E-state index in [4.69, 9.17) is 28.9 Å². The van der Waals surface area contributed by atoms with E-state index in [0.29, 0.717) is 16.6 Å². The molecule has 0 bridgehead atoms. The number of hydrogen-bond acceptors (Lipinski definition) is 1. The van der Waals surface area contributed by atoms with Crippen LogP contribution >= 0.6 is 45.8 Å². The Morgan fingerprint density at radius 2 is 1.74 bits per heavy atom. The Morgan fingerprint density at radius 1 is 1.00 bits per heavy atom. The molecule has 0 unspecified atom stereocenters. The Morgan fingerprint density at radius 3 is 2.43 bits per heavy atom. The zero-order valence-corrected chi connectivity index (χ0v) is 16.2. The number of aromatic amines is 1. The molecular formula is C18H17Cl2IN2. The Balaban J connectivity index is 2.16. The van der Waals surface area contributed by atoms with Gasteiger partial charge in [-0.3, -0.25) is 0 Å². The summed E-state index contributed by atoms with van der Waals surface area (Å²) < 4.78 is 1.22. The molecule has 1 heterocycles. The fourth-order valence-electron chi connectivity index (χ4n) is 2.83. The first-order chi connectivity index (χ1) is 11.1. The molecule has 0 fully saturated rings. The highest BCUT2D eigenvalue weighted by Gasteiger charge is 2.16. The molecule has 2 aromatic carbocycles. The van der Waals surface area contributed by atoms with Crippen molar-refractivity contribution < 1.29 is 0 Å². The van der Waals surface area contributed by atoms with Gasteiger partial charge in [0.15, 0.2) is 0 Å². The van der Waals surface area contributed by atoms with Crippen LogP contribution in [0.1, 0.15) is 18.4 Å². The monoisotopic (exact) mass is 458 g/mol. The number of nitrogens with one attached hydrogen (secondary N) is 1. The molecule has 120 valence electrons. The van der Waals surface area contributed by atoms with Crippen molar-refractivity contribution in [3.05, 3.63) is 55.6 Å². The standard InChI is InChI=1S/C18H17Cl2IN2/c19-15-9-8-14-13(3-1-2-10-22)17(23-18(14)16(15)20)11-4-6-12(21)7-5-11/h4-9,23H,1-3,10,22H2. The summed E-state index contributed by atoms with van der Waals surface area (Å²) in [4.78, 5) is 3.49. The van der Waals surface area contributed by atoms with Crippen molar-refractivity contribution in [2.24, 2.45) is 5.73 Å². The zero-order chi connectivity index (χ0) is 16.4. The Labute approximate surface area is 159 Å². The molecule has 0 aliphatic rings. The molecule has 0 saturated heterocycles. The average Bonchev–Trinajstić information content (AvgIpc) is 2.91. The minimum atomic E-state index is 0.572. The smallest absolute Gasteiger partial charge is 0.0833 e. The number of halogens is 3. The van der Waals surface area contributed by atoms with E-state index in [1.807, 2.05) is 12.1 Å². The second kappa shape index (κ2) is 7.43. The highest BCUT2D eigenvalue weighted by Crippen LogP contribution is 2.37. The maximum absolute atomic E-state index is 6.40. The van der Waals surface area contributed by atoms with Gasteiger partial charge in [0.05, 0.1) is 15.6 Å². The predicted molar refractivity (Wildman–Crippen MR) is 108 cm³/mol. The van der Waals surface area contributed by atoms with Crippen molar-refractivity contribution in [1.29, 1.82) is 0 Å². The van der Waals surface area contributed by atoms with Crippen LogP contribution in [0, 0.1) is 3.57 Å². The van der Waals surface area contributed by atoms with E-state index < -0.39 is 0 Å². The van der Waals surface area contributed by atoms with Crippen LogP contribution in [0.15, 0.2) is 36.4 Å². The van der Waals surface area contributed by atoms with Gasteiger partial charge in [-0.1, -0.05) is 41.4 Å². The van der Waals surface area contributed by atoms with Gasteiger partial charge in [0.2, 0.25) is 0 Å². The molecule has 0 aliphatic carbocycles. The first-order valence-electron chi connectivity index (χ1n) is 7.56. The number of hydrogen-bond donors (Lipinski definition) is 2. The number of benzene rings is 2. The van der Waals surface area contributed by atoms with Gasteiger partial charge in [-0.15, -0.1) is 0 Å². The fourth-order valence-corrected chi connectivity index (χ4v) is 3.56. The molecule has 1 aromatic heterocycles. The number of fused-ring (bicyclic) bond motifs is 1. The Hall–Kier alpha value is -0.750. The van der Waals surface area contributed by atoms with Crippen LogP contribution in [0.3, 0.4) is 0 Å². The van der Waals surface area contributed by atoms with Crippen LogP contribution in [0.4, 0.5) is 0 Å². The molecule has 0 radical (unpaired) electrons. The summed E-state index contributed by atoms with van der Waals surface area (Å²) in [6.07, 6.45) is 3.04. The molecule has 0 spiro atoms. The van der Waals surface area contributed by atoms with Crippen molar-refractivity contribution in [2.45, 2.75) is 19.3 Å². The van der Waals surface area contributed by atoms with Gasteiger partial charge in [0.1, 0.15) is 0 Å². The second-order valence-corrected chi connectivity index (χ2v) is 7.55. The van der Waals surface area contributed by atoms with E-state index in [9.17, 15) is 0 Å². The summed E-state index contributed by atoms with van der Waals surface area (Å²) in [6, 6.07) is 12.4. The number of rotatable bonds is 5. The van der Waals surface area contributed by atoms with Gasteiger partial charge in [-0.25, -0.2) is 0 Å². The average molecular weight is 459 g/mol. The third-order valence-electron chi connectivity index (χ3n) is 3.99. The fraction of sp³-hybridized carbons (Fsp3) is 0.222. The van der Waals surface area contributed by atoms with E-state index in [2.05, 4.69) is 51.8 Å². The van der Waals surface area contributed by atoms with Gasteiger partial charge < -0.3 is 10.7 Å². The zero-order valence-electron chi connectivity index (χ0n) is 12.5. The number of aromatic nitrogens is 1. The van der Waals surface area contributed by atoms with Crippen LogP contribution in [0.2, 0.25) is 10.0 Å². The minimum absolute atomic E-state index is 0.572. The van der Waals surface area contributed by atoms with Gasteiger partial charge >= 0.3 is 0 Å². The maximum atomic E-state index is 6.40. The SMILES string of the molecule is NCCCCc1c(-c2ccc(I)cc2)[nH]c2c(Cl)c(Cl)ccc12. The van der Waals surface area contributed by atoms with E-state index >= 15 is 0 Å². The van der Waals surface area contributed by atoms with Crippen molar-refractivity contribution >= 4 is 56.7 Å². The molecule has 23 heavy (non-hydrogen) atoms. The highest BCUT2D eigenvalue weighted by atomic mass is 127. The summed E-state index contributed by atoms with van der Waals surface area (Å²) in [5, 5.41) is 2.30. The lowest BCUT2D eigenvalue weighted by atomic mass is 10.0. The lowest BCUT2D eigenvalue weighted by Crippen LogP contribution is -1.99. The topological polar surface area (TPSA) is 41.8 Å². The van der Waals surface area contributed by atoms with Crippen LogP contribution in [0.5, 0.6) is 0 Å². The summed E-state index contributed by atoms with van der Waals surface area (Å²) >= 11 is 14.9. The summed E-state index contributed by atoms with van der Waals surface area (Å²) in [5.74, 6) is 0. The quantitative estimate of drug-likeness (QED) is 0.355. The predicted octanol–water partition coefficient (Wildman–Crippen LogP) is 6.03. The molecule has 0 amide bonds. The second-order valence-electron chi connectivity index (χ2n) is 5.52. The number of unbranched alkanes of at least 4 members (excludes halogenated alkanes) is 1. The van der Waals surface area contributed by atoms with E-state index in [1.54, 1.807) is 0 Å². The normalized spacial score (nSPS) is 11.3. The van der Waals surface area contributed by atoms with Crippen molar-refractivity contribution in [1.82, 2.24) is 4.98 Å². The maximum Gasteiger partial charge on any atom is 0.0833 e. The molecule has 5 heteroatoms. The van der Waals surface area contributed by atoms with Crippen LogP contribution in [-0.4, -0.2) is 11.5 Å². The summed E-state index contributed by atoms with van der Waals surface area (Å²) in [7, 11) is 0. The molecule has 3 aromatic rings. The van der Waals surface area contributed by atoms with E-state index in [0.717, 1.165) is 41.4 Å². The van der Waals surface area contributed by atoms with Crippen molar-refractivity contribution in [3.63, 3.8) is 0 Å². The minimum Gasteiger partial charge on any atom is -0.353 e. The lowest BCUT2D eigenvalue weighted by molar-refractivity contribution is 0.748. The Bertz CT molecular complexity index is 825. The third kappa shape index (κ3) is 3.53. The van der Waals surface area contributed by atoms with Crippen LogP contribution in [-0.2, 0) is 6.42 Å². The van der Waals surface area contributed by atoms with Gasteiger partial charge in [0, 0.05) is 14.7 Å². The molecule has 3 N–H and O–H groups in total. The molecule has 0 saturated carbocycles. The number of nitrogens with two attached hydrogens (primary N) is 1. The Kier molecular flexibility index (Phi) is 5.52. The highest BCUT2D eigenvalue weighted by molar-refractivity contribution is 14.1. The first-order valence-corrected chi connectivity index (χ1v) is 9.40. The van der Waals surface area contributed by atoms with Crippen LogP contribution in [0.25, 0.3) is 22.2 Å². The summed E-state index contributed by atoms with van der Waals surface area (Å²) in [6.45, 7) is 0.716. The lowest BCUT2D eigenvalue weighted by Gasteiger charge is -2.05. The van der Waals surface area contributed by atoms with E-state index in [1.165, 1.54) is 9.13 Å². The largest absolute Gasteiger partial charge is 0.353 e. The van der Waals surface area contributed by atoms with Crippen molar-refractivity contribution in [3.8, 4) is 11.3 Å². The molecule has 0 aliphatic heterocycles. The third-order valence-corrected chi connectivity index (χ3v) is 5.51. The summed E-state index contributed by atoms with van der Waals surface area (Å²) in [5.41, 5.74) is 10.1. The molecular weight excluding hydrogens is 442 g/mol. The first kappa shape index (κ1) is 17.1. The number of H-pyrrole nitrogens is 1. The molecule has 0 atom stereocenters. The molecule has 2 nitrogen and oxygen atoms in total. The number of aryl methyl sites for hydroxylation is 1. The van der Waals surface area contributed by atoms with Gasteiger partial charge in [0.25, 0.3) is 0 Å². The van der Waals surface area contributed by atoms with Crippen molar-refractivity contribution in [2.75, 3.05) is 6.54 Å². The molecule has 3 rings (SSSR count). The van der Waals surface area contributed by atoms with Gasteiger partial charge in [-0.2, -0.15) is 0 Å². The van der Waals surface area contributed by atoms with Gasteiger partial charge in [-0.05, 0) is 77.7 Å².